The fraction of sp³-hybridized carbons (Fsp3) is 0.658. The highest BCUT2D eigenvalue weighted by Gasteiger charge is 2.15. The molecule has 0 atom stereocenters. The van der Waals surface area contributed by atoms with Crippen LogP contribution in [0.1, 0.15) is 76.0 Å². The van der Waals surface area contributed by atoms with Crippen LogP contribution in [0.5, 0.6) is 0 Å². The number of nitrogens with two attached hydrogens (primary N) is 2. The van der Waals surface area contributed by atoms with Gasteiger partial charge in [-0.15, -0.1) is 0 Å². The number of hydrogen-bond donors (Lipinski definition) is 9. The molecule has 0 aromatic heterocycles. The van der Waals surface area contributed by atoms with Crippen LogP contribution in [0.2, 0.25) is 0 Å². The predicted octanol–water partition coefficient (Wildman–Crippen LogP) is 3.17. The van der Waals surface area contributed by atoms with E-state index in [2.05, 4.69) is 79.7 Å². The van der Waals surface area contributed by atoms with Gasteiger partial charge in [0.25, 0.3) is 0 Å². The number of carbonyl (C=O) groups is 1. The van der Waals surface area contributed by atoms with Crippen LogP contribution in [0.4, 0.5) is 4.79 Å². The normalized spacial score (nSPS) is 11.6. The standard InChI is InChI=1S/C38H69N9O2/c1-38(2,3)49-37(48)47-24-10-20-43-19-9-23-46-31-34-25-33(30-45-22-8-18-42-16-6-14-40)27-36(28-34)35-12-4-11-32(26-35)29-44-21-7-17-41-15-5-13-39/h4,11-12,25-28,41-46H,5-10,13-24,29-31,39-40H2,1-3H3,(H,47,48). The number of benzene rings is 2. The minimum atomic E-state index is -0.470. The van der Waals surface area contributed by atoms with E-state index in [0.717, 1.165) is 130 Å². The lowest BCUT2D eigenvalue weighted by Gasteiger charge is -2.19. The van der Waals surface area contributed by atoms with E-state index in [4.69, 9.17) is 16.2 Å². The number of carbonyl (C=O) groups excluding carboxylic acids is 1. The van der Waals surface area contributed by atoms with E-state index in [1.54, 1.807) is 0 Å². The van der Waals surface area contributed by atoms with Gasteiger partial charge in [-0.25, -0.2) is 4.79 Å². The molecular weight excluding hydrogens is 614 g/mol. The van der Waals surface area contributed by atoms with E-state index in [-0.39, 0.29) is 6.09 Å². The van der Waals surface area contributed by atoms with Crippen LogP contribution in [0, 0.1) is 0 Å². The van der Waals surface area contributed by atoms with Crippen LogP contribution in [-0.2, 0) is 24.4 Å². The summed E-state index contributed by atoms with van der Waals surface area (Å²) in [6.07, 6.45) is 5.78. The minimum Gasteiger partial charge on any atom is -0.444 e. The van der Waals surface area contributed by atoms with E-state index >= 15 is 0 Å². The third-order valence-corrected chi connectivity index (χ3v) is 7.74. The molecule has 0 fully saturated rings. The summed E-state index contributed by atoms with van der Waals surface area (Å²) in [5, 5.41) is 24.1. The Morgan fingerprint density at radius 3 is 1.47 bits per heavy atom. The number of nitrogens with one attached hydrogen (secondary N) is 7. The zero-order valence-electron chi connectivity index (χ0n) is 30.9. The third-order valence-electron chi connectivity index (χ3n) is 7.74. The van der Waals surface area contributed by atoms with Gasteiger partial charge in [-0.05, 0) is 177 Å². The van der Waals surface area contributed by atoms with Crippen LogP contribution >= 0.6 is 0 Å². The molecule has 0 aliphatic heterocycles. The van der Waals surface area contributed by atoms with Crippen molar-refractivity contribution in [2.24, 2.45) is 11.5 Å². The molecule has 0 heterocycles. The van der Waals surface area contributed by atoms with E-state index in [1.807, 2.05) is 20.8 Å². The molecule has 11 nitrogen and oxygen atoms in total. The first kappa shape index (κ1) is 42.6. The van der Waals surface area contributed by atoms with Crippen molar-refractivity contribution in [3.8, 4) is 11.1 Å². The quantitative estimate of drug-likeness (QED) is 0.0583. The minimum absolute atomic E-state index is 0.357. The van der Waals surface area contributed by atoms with Crippen molar-refractivity contribution in [2.75, 3.05) is 78.5 Å². The largest absolute Gasteiger partial charge is 0.444 e. The summed E-state index contributed by atoms with van der Waals surface area (Å²) in [4.78, 5) is 11.8. The van der Waals surface area contributed by atoms with Crippen molar-refractivity contribution < 1.29 is 9.53 Å². The molecule has 0 saturated heterocycles. The van der Waals surface area contributed by atoms with Gasteiger partial charge in [0.05, 0.1) is 0 Å². The summed E-state index contributed by atoms with van der Waals surface area (Å²) in [6.45, 7) is 18.9. The molecule has 11 heteroatoms. The Kier molecular flexibility index (Phi) is 23.6. The van der Waals surface area contributed by atoms with E-state index in [0.29, 0.717) is 6.54 Å². The van der Waals surface area contributed by atoms with Crippen LogP contribution in [0.3, 0.4) is 0 Å². The monoisotopic (exact) mass is 684 g/mol. The molecule has 0 radical (unpaired) electrons. The van der Waals surface area contributed by atoms with Crippen LogP contribution in [0.15, 0.2) is 42.5 Å². The summed E-state index contributed by atoms with van der Waals surface area (Å²) in [7, 11) is 0. The number of amides is 1. The molecule has 2 rings (SSSR count). The Bertz CT molecular complexity index is 1130. The highest BCUT2D eigenvalue weighted by atomic mass is 16.6. The lowest BCUT2D eigenvalue weighted by Crippen LogP contribution is -2.34. The molecule has 11 N–H and O–H groups in total. The van der Waals surface area contributed by atoms with Crippen molar-refractivity contribution in [1.29, 1.82) is 0 Å². The molecule has 0 bridgehead atoms. The van der Waals surface area contributed by atoms with Gasteiger partial charge in [-0.1, -0.05) is 24.3 Å². The molecule has 0 saturated carbocycles. The van der Waals surface area contributed by atoms with Crippen LogP contribution in [0.25, 0.3) is 11.1 Å². The van der Waals surface area contributed by atoms with Crippen LogP contribution < -0.4 is 48.7 Å². The number of ether oxygens (including phenoxy) is 1. The molecule has 49 heavy (non-hydrogen) atoms. The molecule has 2 aromatic rings. The second kappa shape index (κ2) is 27.2. The lowest BCUT2D eigenvalue weighted by atomic mass is 9.98. The average Bonchev–Trinajstić information content (AvgIpc) is 3.07. The van der Waals surface area contributed by atoms with Gasteiger partial charge < -0.3 is 53.4 Å². The zero-order valence-corrected chi connectivity index (χ0v) is 30.9. The Balaban J connectivity index is 1.83. The fourth-order valence-electron chi connectivity index (χ4n) is 5.25. The number of hydrogen-bond acceptors (Lipinski definition) is 10. The average molecular weight is 684 g/mol. The number of alkyl carbamates (subject to hydrolysis) is 1. The molecule has 0 unspecified atom stereocenters. The predicted molar refractivity (Wildman–Crippen MR) is 206 cm³/mol. The highest BCUT2D eigenvalue weighted by molar-refractivity contribution is 5.67. The Labute approximate surface area is 297 Å². The Morgan fingerprint density at radius 1 is 0.551 bits per heavy atom. The Hall–Kier alpha value is -2.61. The molecule has 0 aliphatic rings. The first-order valence-corrected chi connectivity index (χ1v) is 18.6. The van der Waals surface area contributed by atoms with Crippen molar-refractivity contribution in [1.82, 2.24) is 37.2 Å². The summed E-state index contributed by atoms with van der Waals surface area (Å²) in [5.41, 5.74) is 17.1. The van der Waals surface area contributed by atoms with Gasteiger partial charge in [-0.2, -0.15) is 0 Å². The second-order valence-corrected chi connectivity index (χ2v) is 13.6. The van der Waals surface area contributed by atoms with E-state index < -0.39 is 5.60 Å². The maximum Gasteiger partial charge on any atom is 0.407 e. The summed E-state index contributed by atoms with van der Waals surface area (Å²) in [6, 6.07) is 15.9. The first-order valence-electron chi connectivity index (χ1n) is 18.6. The SMILES string of the molecule is CC(C)(C)OC(=O)NCCCNCCCNCc1cc(CNCCCNCCCN)cc(-c2cccc(CNCCCNCCCN)c2)c1. The van der Waals surface area contributed by atoms with Crippen LogP contribution in [-0.4, -0.2) is 90.2 Å². The smallest absolute Gasteiger partial charge is 0.407 e. The zero-order chi connectivity index (χ0) is 35.4. The summed E-state index contributed by atoms with van der Waals surface area (Å²) < 4.78 is 5.27. The fourth-order valence-corrected chi connectivity index (χ4v) is 5.25. The third kappa shape index (κ3) is 22.7. The molecular formula is C38H69N9O2. The van der Waals surface area contributed by atoms with Gasteiger partial charge >= 0.3 is 6.09 Å². The van der Waals surface area contributed by atoms with E-state index in [9.17, 15) is 4.79 Å². The number of rotatable bonds is 29. The maximum atomic E-state index is 11.8. The lowest BCUT2D eigenvalue weighted by molar-refractivity contribution is 0.0527. The van der Waals surface area contributed by atoms with Gasteiger partial charge in [-0.3, -0.25) is 0 Å². The van der Waals surface area contributed by atoms with Crippen molar-refractivity contribution in [2.45, 2.75) is 84.5 Å². The second-order valence-electron chi connectivity index (χ2n) is 13.6. The Morgan fingerprint density at radius 2 is 0.980 bits per heavy atom. The molecule has 0 aliphatic carbocycles. The molecule has 1 amide bonds. The van der Waals surface area contributed by atoms with E-state index in [1.165, 1.54) is 27.8 Å². The molecule has 2 aromatic carbocycles. The van der Waals surface area contributed by atoms with Gasteiger partial charge in [0.2, 0.25) is 0 Å². The first-order chi connectivity index (χ1) is 23.8. The molecule has 0 spiro atoms. The van der Waals surface area contributed by atoms with Gasteiger partial charge in [0.1, 0.15) is 5.60 Å². The van der Waals surface area contributed by atoms with Crippen molar-refractivity contribution in [3.63, 3.8) is 0 Å². The summed E-state index contributed by atoms with van der Waals surface area (Å²) >= 11 is 0. The van der Waals surface area contributed by atoms with Crippen molar-refractivity contribution >= 4 is 6.09 Å². The highest BCUT2D eigenvalue weighted by Crippen LogP contribution is 2.24. The molecule has 278 valence electrons. The maximum absolute atomic E-state index is 11.8. The van der Waals surface area contributed by atoms with Gasteiger partial charge in [0, 0.05) is 26.2 Å². The van der Waals surface area contributed by atoms with Crippen molar-refractivity contribution in [3.05, 3.63) is 59.2 Å². The van der Waals surface area contributed by atoms with Gasteiger partial charge in [0.15, 0.2) is 0 Å². The topological polar surface area (TPSA) is 163 Å². The summed E-state index contributed by atoms with van der Waals surface area (Å²) in [5.74, 6) is 0.